The molecular weight excluding hydrogens is 318 g/mol. The summed E-state index contributed by atoms with van der Waals surface area (Å²) in [5.41, 5.74) is 0.153. The number of alkyl halides is 2. The Morgan fingerprint density at radius 2 is 1.84 bits per heavy atom. The molecule has 0 saturated carbocycles. The summed E-state index contributed by atoms with van der Waals surface area (Å²) >= 11 is 17.8. The lowest BCUT2D eigenvalue weighted by atomic mass is 10.1. The Morgan fingerprint density at radius 1 is 1.21 bits per heavy atom. The summed E-state index contributed by atoms with van der Waals surface area (Å²) in [7, 11) is 0. The summed E-state index contributed by atoms with van der Waals surface area (Å²) in [5, 5.41) is 3.21. The zero-order valence-corrected chi connectivity index (χ0v) is 12.1. The first-order chi connectivity index (χ1) is 9.02. The van der Waals surface area contributed by atoms with Crippen molar-refractivity contribution in [2.75, 3.05) is 26.2 Å². The van der Waals surface area contributed by atoms with Gasteiger partial charge in [-0.05, 0) is 0 Å². The Balaban J connectivity index is 2.41. The number of hydrogen-bond donors (Lipinski definition) is 1. The van der Waals surface area contributed by atoms with Gasteiger partial charge in [0.25, 0.3) is 6.43 Å². The average molecular weight is 331 g/mol. The Labute approximate surface area is 124 Å². The number of nitrogens with zero attached hydrogens (tertiary/aromatic N) is 2. The Kier molecular flexibility index (Phi) is 5.20. The lowest BCUT2D eigenvalue weighted by Gasteiger charge is -2.35. The van der Waals surface area contributed by atoms with E-state index in [1.807, 2.05) is 0 Å². The van der Waals surface area contributed by atoms with E-state index < -0.39 is 12.5 Å². The van der Waals surface area contributed by atoms with Crippen LogP contribution in [0.15, 0.2) is 6.20 Å². The van der Waals surface area contributed by atoms with E-state index in [1.165, 1.54) is 6.20 Å². The van der Waals surface area contributed by atoms with Crippen molar-refractivity contribution < 1.29 is 8.78 Å². The Bertz CT molecular complexity index is 453. The summed E-state index contributed by atoms with van der Waals surface area (Å²) in [6.07, 6.45) is -1.35. The van der Waals surface area contributed by atoms with Crippen LogP contribution in [-0.2, 0) is 0 Å². The highest BCUT2D eigenvalue weighted by molar-refractivity contribution is 6.43. The van der Waals surface area contributed by atoms with E-state index in [2.05, 4.69) is 10.3 Å². The van der Waals surface area contributed by atoms with Crippen LogP contribution in [0.2, 0.25) is 15.2 Å². The predicted octanol–water partition coefficient (Wildman–Crippen LogP) is 3.25. The maximum Gasteiger partial charge on any atom is 0.258 e. The first-order valence-electron chi connectivity index (χ1n) is 5.74. The minimum Gasteiger partial charge on any atom is -0.314 e. The van der Waals surface area contributed by atoms with Gasteiger partial charge in [-0.2, -0.15) is 0 Å². The van der Waals surface area contributed by atoms with E-state index in [0.29, 0.717) is 26.2 Å². The van der Waals surface area contributed by atoms with Crippen LogP contribution in [0.25, 0.3) is 0 Å². The molecule has 0 spiro atoms. The fourth-order valence-electron chi connectivity index (χ4n) is 2.15. The van der Waals surface area contributed by atoms with Gasteiger partial charge in [0.1, 0.15) is 5.15 Å². The SMILES string of the molecule is FC(F)[C@@H](c1c(Cl)cnc(Cl)c1Cl)N1CCNCC1. The Hall–Kier alpha value is -0.200. The molecule has 1 aromatic rings. The van der Waals surface area contributed by atoms with Crippen molar-refractivity contribution in [3.63, 3.8) is 0 Å². The highest BCUT2D eigenvalue weighted by Gasteiger charge is 2.34. The third-order valence-corrected chi connectivity index (χ3v) is 4.11. The number of rotatable bonds is 3. The van der Waals surface area contributed by atoms with Gasteiger partial charge in [-0.3, -0.25) is 4.90 Å². The van der Waals surface area contributed by atoms with Gasteiger partial charge in [-0.15, -0.1) is 0 Å². The van der Waals surface area contributed by atoms with Crippen LogP contribution >= 0.6 is 34.8 Å². The molecule has 8 heteroatoms. The molecule has 0 bridgehead atoms. The molecule has 0 radical (unpaired) electrons. The van der Waals surface area contributed by atoms with Gasteiger partial charge in [0, 0.05) is 37.9 Å². The number of aromatic nitrogens is 1. The van der Waals surface area contributed by atoms with Crippen LogP contribution in [0.1, 0.15) is 11.6 Å². The first-order valence-corrected chi connectivity index (χ1v) is 6.88. The molecule has 2 rings (SSSR count). The smallest absolute Gasteiger partial charge is 0.258 e. The highest BCUT2D eigenvalue weighted by Crippen LogP contribution is 2.39. The lowest BCUT2D eigenvalue weighted by molar-refractivity contribution is 0.0182. The van der Waals surface area contributed by atoms with Gasteiger partial charge < -0.3 is 5.32 Å². The highest BCUT2D eigenvalue weighted by atomic mass is 35.5. The quantitative estimate of drug-likeness (QED) is 0.862. The minimum atomic E-state index is -2.61. The van der Waals surface area contributed by atoms with Crippen LogP contribution in [0.4, 0.5) is 8.78 Å². The van der Waals surface area contributed by atoms with E-state index in [-0.39, 0.29) is 20.8 Å². The van der Waals surface area contributed by atoms with Crippen molar-refractivity contribution in [1.82, 2.24) is 15.2 Å². The van der Waals surface area contributed by atoms with Gasteiger partial charge in [-0.25, -0.2) is 13.8 Å². The maximum atomic E-state index is 13.4. The summed E-state index contributed by atoms with van der Waals surface area (Å²) in [6, 6.07) is -1.16. The standard InChI is InChI=1S/C11H12Cl3F2N3/c12-6-5-18-10(14)8(13)7(6)9(11(15)16)19-3-1-17-2-4-19/h5,9,11,17H,1-4H2/t9-/m1/s1. The normalized spacial score (nSPS) is 18.8. The maximum absolute atomic E-state index is 13.4. The topological polar surface area (TPSA) is 28.2 Å². The largest absolute Gasteiger partial charge is 0.314 e. The van der Waals surface area contributed by atoms with Gasteiger partial charge in [0.05, 0.1) is 16.1 Å². The minimum absolute atomic E-state index is 0.00185. The molecule has 0 aromatic carbocycles. The van der Waals surface area contributed by atoms with Crippen LogP contribution in [-0.4, -0.2) is 42.5 Å². The van der Waals surface area contributed by atoms with Crippen LogP contribution in [0, 0.1) is 0 Å². The third kappa shape index (κ3) is 3.28. The fourth-order valence-corrected chi connectivity index (χ4v) is 2.87. The summed E-state index contributed by atoms with van der Waals surface area (Å²) in [4.78, 5) is 5.41. The molecule has 3 nitrogen and oxygen atoms in total. The zero-order valence-electron chi connectivity index (χ0n) is 9.84. The van der Waals surface area contributed by atoms with Crippen LogP contribution < -0.4 is 5.32 Å². The van der Waals surface area contributed by atoms with Crippen molar-refractivity contribution in [2.45, 2.75) is 12.5 Å². The van der Waals surface area contributed by atoms with Crippen LogP contribution in [0.5, 0.6) is 0 Å². The molecule has 1 fully saturated rings. The van der Waals surface area contributed by atoms with Crippen molar-refractivity contribution in [3.8, 4) is 0 Å². The van der Waals surface area contributed by atoms with Gasteiger partial charge in [0.2, 0.25) is 0 Å². The van der Waals surface area contributed by atoms with E-state index >= 15 is 0 Å². The van der Waals surface area contributed by atoms with Crippen molar-refractivity contribution in [2.24, 2.45) is 0 Å². The molecule has 106 valence electrons. The van der Waals surface area contributed by atoms with Gasteiger partial charge >= 0.3 is 0 Å². The predicted molar refractivity (Wildman–Crippen MR) is 72.5 cm³/mol. The second-order valence-corrected chi connectivity index (χ2v) is 5.33. The zero-order chi connectivity index (χ0) is 14.0. The van der Waals surface area contributed by atoms with Gasteiger partial charge in [-0.1, -0.05) is 34.8 Å². The molecule has 1 aliphatic rings. The van der Waals surface area contributed by atoms with E-state index in [0.717, 1.165) is 0 Å². The monoisotopic (exact) mass is 329 g/mol. The fraction of sp³-hybridized carbons (Fsp3) is 0.545. The molecule has 1 aromatic heterocycles. The number of hydrogen-bond acceptors (Lipinski definition) is 3. The molecule has 1 atom stereocenters. The van der Waals surface area contributed by atoms with Crippen molar-refractivity contribution in [3.05, 3.63) is 27.0 Å². The van der Waals surface area contributed by atoms with E-state index in [1.54, 1.807) is 4.90 Å². The second kappa shape index (κ2) is 6.50. The third-order valence-electron chi connectivity index (χ3n) is 3.05. The molecule has 19 heavy (non-hydrogen) atoms. The molecular formula is C11H12Cl3F2N3. The molecule has 1 N–H and O–H groups in total. The number of nitrogens with one attached hydrogen (secondary N) is 1. The van der Waals surface area contributed by atoms with E-state index in [9.17, 15) is 8.78 Å². The van der Waals surface area contributed by atoms with Crippen LogP contribution in [0.3, 0.4) is 0 Å². The average Bonchev–Trinajstić information content (AvgIpc) is 2.39. The van der Waals surface area contributed by atoms with Crippen molar-refractivity contribution in [1.29, 1.82) is 0 Å². The Morgan fingerprint density at radius 3 is 2.42 bits per heavy atom. The second-order valence-electron chi connectivity index (χ2n) is 4.19. The van der Waals surface area contributed by atoms with E-state index in [4.69, 9.17) is 34.8 Å². The molecule has 0 amide bonds. The molecule has 0 unspecified atom stereocenters. The first kappa shape index (κ1) is 15.2. The van der Waals surface area contributed by atoms with Gasteiger partial charge in [0.15, 0.2) is 0 Å². The number of halogens is 5. The molecule has 1 aliphatic heterocycles. The van der Waals surface area contributed by atoms with Crippen molar-refractivity contribution >= 4 is 34.8 Å². The summed E-state index contributed by atoms with van der Waals surface area (Å²) in [6.45, 7) is 2.30. The number of pyridine rings is 1. The molecule has 2 heterocycles. The number of piperazine rings is 1. The molecule has 1 saturated heterocycles. The molecule has 0 aliphatic carbocycles. The summed E-state index contributed by atoms with van der Waals surface area (Å²) in [5.74, 6) is 0. The summed E-state index contributed by atoms with van der Waals surface area (Å²) < 4.78 is 26.8. The lowest BCUT2D eigenvalue weighted by Crippen LogP contribution is -2.47.